The van der Waals surface area contributed by atoms with Crippen molar-refractivity contribution in [2.75, 3.05) is 33.5 Å². The number of hydrogen-bond acceptors (Lipinski definition) is 8. The van der Waals surface area contributed by atoms with Gasteiger partial charge in [-0.3, -0.25) is 9.59 Å². The van der Waals surface area contributed by atoms with Crippen LogP contribution in [0.2, 0.25) is 0 Å². The van der Waals surface area contributed by atoms with Crippen LogP contribution in [0.4, 0.5) is 0 Å². The zero-order valence-electron chi connectivity index (χ0n) is 22.7. The fraction of sp³-hybridized carbons (Fsp3) is 0.312. The highest BCUT2D eigenvalue weighted by atomic mass is 16.6. The highest BCUT2D eigenvalue weighted by molar-refractivity contribution is 6.46. The lowest BCUT2D eigenvalue weighted by Crippen LogP contribution is -2.36. The normalized spacial score (nSPS) is 21.2. The molecule has 6 rings (SSSR count). The highest BCUT2D eigenvalue weighted by Crippen LogP contribution is 2.43. The molecule has 0 bridgehead atoms. The number of carbonyl (C=O) groups excluding carboxylic acids is 2. The summed E-state index contributed by atoms with van der Waals surface area (Å²) >= 11 is 0. The molecule has 0 spiro atoms. The molecule has 9 heteroatoms. The number of Topliss-reactive ketones (excluding diaryl/α,β-unsaturated/α-hetero) is 1. The van der Waals surface area contributed by atoms with E-state index in [0.717, 1.165) is 18.4 Å². The Morgan fingerprint density at radius 3 is 2.51 bits per heavy atom. The second-order valence-corrected chi connectivity index (χ2v) is 10.1. The number of ether oxygens (including phenoxy) is 5. The Morgan fingerprint density at radius 1 is 0.951 bits per heavy atom. The standard InChI is InChI=1S/C32H31NO8/c1-37-26-16-21(9-11-24(26)41-19-20-6-3-2-4-7-20)29-28(31(35)32(36)33(29)18-23-8-5-13-38-23)30(34)22-10-12-25-27(17-22)40-15-14-39-25/h2-4,6-7,9-12,16-17,23,29,34H,5,8,13-15,18-19H2,1H3/t23-,29+/m1/s1. The maximum Gasteiger partial charge on any atom is 0.295 e. The van der Waals surface area contributed by atoms with E-state index in [4.69, 9.17) is 23.7 Å². The molecular weight excluding hydrogens is 526 g/mol. The van der Waals surface area contributed by atoms with Crippen molar-refractivity contribution >= 4 is 17.4 Å². The molecule has 41 heavy (non-hydrogen) atoms. The topological polar surface area (TPSA) is 104 Å². The molecular formula is C32H31NO8. The molecule has 1 amide bonds. The van der Waals surface area contributed by atoms with E-state index in [1.54, 1.807) is 36.4 Å². The number of likely N-dealkylation sites (tertiary alicyclic amines) is 1. The Hall–Kier alpha value is -4.50. The number of carbonyl (C=O) groups is 2. The molecule has 2 saturated heterocycles. The van der Waals surface area contributed by atoms with Gasteiger partial charge in [-0.2, -0.15) is 0 Å². The van der Waals surface area contributed by atoms with Crippen molar-refractivity contribution in [2.24, 2.45) is 0 Å². The molecule has 2 atom stereocenters. The third-order valence-electron chi connectivity index (χ3n) is 7.52. The molecule has 3 aromatic rings. The highest BCUT2D eigenvalue weighted by Gasteiger charge is 2.47. The van der Waals surface area contributed by atoms with Gasteiger partial charge >= 0.3 is 0 Å². The predicted molar refractivity (Wildman–Crippen MR) is 149 cm³/mol. The van der Waals surface area contributed by atoms with E-state index in [1.165, 1.54) is 12.0 Å². The van der Waals surface area contributed by atoms with Gasteiger partial charge in [0, 0.05) is 18.7 Å². The molecule has 3 heterocycles. The number of ketones is 1. The van der Waals surface area contributed by atoms with Crippen molar-refractivity contribution < 1.29 is 38.4 Å². The summed E-state index contributed by atoms with van der Waals surface area (Å²) in [5.74, 6) is 0.245. The lowest BCUT2D eigenvalue weighted by molar-refractivity contribution is -0.140. The molecule has 0 saturated carbocycles. The van der Waals surface area contributed by atoms with Crippen molar-refractivity contribution in [1.82, 2.24) is 4.90 Å². The van der Waals surface area contributed by atoms with Gasteiger partial charge < -0.3 is 33.7 Å². The van der Waals surface area contributed by atoms with Crippen molar-refractivity contribution in [2.45, 2.75) is 31.6 Å². The zero-order valence-corrected chi connectivity index (χ0v) is 22.7. The second kappa shape index (κ2) is 11.5. The van der Waals surface area contributed by atoms with Gasteiger partial charge in [0.05, 0.1) is 24.8 Å². The fourth-order valence-electron chi connectivity index (χ4n) is 5.48. The largest absolute Gasteiger partial charge is 0.507 e. The second-order valence-electron chi connectivity index (χ2n) is 10.1. The van der Waals surface area contributed by atoms with E-state index < -0.39 is 17.7 Å². The van der Waals surface area contributed by atoms with Crippen molar-refractivity contribution in [1.29, 1.82) is 0 Å². The summed E-state index contributed by atoms with van der Waals surface area (Å²) in [6.45, 7) is 1.98. The smallest absolute Gasteiger partial charge is 0.295 e. The molecule has 0 aromatic heterocycles. The zero-order chi connectivity index (χ0) is 28.3. The van der Waals surface area contributed by atoms with Crippen LogP contribution in [0.5, 0.6) is 23.0 Å². The van der Waals surface area contributed by atoms with Crippen molar-refractivity contribution in [3.05, 3.63) is 89.0 Å². The quantitative estimate of drug-likeness (QED) is 0.243. The number of rotatable bonds is 8. The average Bonchev–Trinajstić information content (AvgIpc) is 3.62. The summed E-state index contributed by atoms with van der Waals surface area (Å²) in [6.07, 6.45) is 1.48. The van der Waals surface area contributed by atoms with E-state index in [2.05, 4.69) is 0 Å². The summed E-state index contributed by atoms with van der Waals surface area (Å²) in [4.78, 5) is 28.4. The Bertz CT molecular complexity index is 1480. The Kier molecular flexibility index (Phi) is 7.52. The number of methoxy groups -OCH3 is 1. The maximum atomic E-state index is 13.5. The maximum absolute atomic E-state index is 13.5. The summed E-state index contributed by atoms with van der Waals surface area (Å²) in [6, 6.07) is 19.2. The minimum absolute atomic E-state index is 0.00955. The Labute approximate surface area is 237 Å². The molecule has 1 N–H and O–H groups in total. The van der Waals surface area contributed by atoms with Crippen LogP contribution in [0.15, 0.2) is 72.3 Å². The summed E-state index contributed by atoms with van der Waals surface area (Å²) in [5, 5.41) is 11.5. The number of fused-ring (bicyclic) bond motifs is 1. The first kappa shape index (κ1) is 26.7. The lowest BCUT2D eigenvalue weighted by Gasteiger charge is -2.28. The van der Waals surface area contributed by atoms with Crippen LogP contribution in [-0.4, -0.2) is 61.3 Å². The minimum atomic E-state index is -0.857. The van der Waals surface area contributed by atoms with Crippen LogP contribution in [0, 0.1) is 0 Å². The SMILES string of the molecule is COc1cc([C@H]2C(=C(O)c3ccc4c(c3)OCCO4)C(=O)C(=O)N2C[C@H]2CCCO2)ccc1OCc1ccccc1. The number of hydrogen-bond donors (Lipinski definition) is 1. The van der Waals surface area contributed by atoms with Crippen LogP contribution in [0.3, 0.4) is 0 Å². The van der Waals surface area contributed by atoms with Gasteiger partial charge in [0.2, 0.25) is 0 Å². The molecule has 0 aliphatic carbocycles. The molecule has 3 aliphatic rings. The van der Waals surface area contributed by atoms with Gasteiger partial charge in [-0.15, -0.1) is 0 Å². The molecule has 212 valence electrons. The molecule has 0 radical (unpaired) electrons. The molecule has 2 fully saturated rings. The number of amides is 1. The van der Waals surface area contributed by atoms with Crippen LogP contribution in [0.25, 0.3) is 5.76 Å². The first-order valence-electron chi connectivity index (χ1n) is 13.7. The fourth-order valence-corrected chi connectivity index (χ4v) is 5.48. The first-order chi connectivity index (χ1) is 20.0. The van der Waals surface area contributed by atoms with Gasteiger partial charge in [-0.05, 0) is 54.3 Å². The van der Waals surface area contributed by atoms with E-state index in [9.17, 15) is 14.7 Å². The van der Waals surface area contributed by atoms with Gasteiger partial charge in [-0.1, -0.05) is 36.4 Å². The number of aliphatic hydroxyl groups is 1. The monoisotopic (exact) mass is 557 g/mol. The van der Waals surface area contributed by atoms with Gasteiger partial charge in [0.25, 0.3) is 11.7 Å². The predicted octanol–water partition coefficient (Wildman–Crippen LogP) is 4.65. The molecule has 3 aliphatic heterocycles. The van der Waals surface area contributed by atoms with Crippen LogP contribution in [0.1, 0.15) is 35.6 Å². The van der Waals surface area contributed by atoms with E-state index in [1.807, 2.05) is 30.3 Å². The Morgan fingerprint density at radius 2 is 1.76 bits per heavy atom. The number of aliphatic hydroxyl groups excluding tert-OH is 1. The van der Waals surface area contributed by atoms with Gasteiger partial charge in [0.15, 0.2) is 23.0 Å². The van der Waals surface area contributed by atoms with Crippen LogP contribution < -0.4 is 18.9 Å². The van der Waals surface area contributed by atoms with E-state index >= 15 is 0 Å². The third kappa shape index (κ3) is 5.32. The molecule has 3 aromatic carbocycles. The Balaban J connectivity index is 1.39. The van der Waals surface area contributed by atoms with Gasteiger partial charge in [-0.25, -0.2) is 0 Å². The number of nitrogens with zero attached hydrogens (tertiary/aromatic N) is 1. The van der Waals surface area contributed by atoms with Gasteiger partial charge in [0.1, 0.15) is 25.6 Å². The lowest BCUT2D eigenvalue weighted by atomic mass is 9.94. The minimum Gasteiger partial charge on any atom is -0.507 e. The van der Waals surface area contributed by atoms with Crippen LogP contribution >= 0.6 is 0 Å². The molecule has 9 nitrogen and oxygen atoms in total. The molecule has 0 unspecified atom stereocenters. The van der Waals surface area contributed by atoms with E-state index in [0.29, 0.717) is 60.6 Å². The summed E-state index contributed by atoms with van der Waals surface area (Å²) in [7, 11) is 1.53. The summed E-state index contributed by atoms with van der Waals surface area (Å²) < 4.78 is 28.8. The van der Waals surface area contributed by atoms with E-state index in [-0.39, 0.29) is 24.0 Å². The van der Waals surface area contributed by atoms with Crippen LogP contribution in [-0.2, 0) is 20.9 Å². The third-order valence-corrected chi connectivity index (χ3v) is 7.52. The first-order valence-corrected chi connectivity index (χ1v) is 13.7. The van der Waals surface area contributed by atoms with Crippen molar-refractivity contribution in [3.63, 3.8) is 0 Å². The number of benzene rings is 3. The summed E-state index contributed by atoms with van der Waals surface area (Å²) in [5.41, 5.74) is 1.95. The average molecular weight is 558 g/mol. The van der Waals surface area contributed by atoms with Crippen molar-refractivity contribution in [3.8, 4) is 23.0 Å².